The van der Waals surface area contributed by atoms with Crippen LogP contribution in [0.25, 0.3) is 22.1 Å². The molecule has 3 aromatic carbocycles. The number of ketones is 1. The number of aliphatic hydroxyl groups is 3. The summed E-state index contributed by atoms with van der Waals surface area (Å²) < 4.78 is 17.7. The fourth-order valence-corrected chi connectivity index (χ4v) is 21.7. The minimum absolute atomic E-state index is 0.0554. The number of H-pyrrole nitrogens is 2. The van der Waals surface area contributed by atoms with Gasteiger partial charge in [-0.2, -0.15) is 4.98 Å². The summed E-state index contributed by atoms with van der Waals surface area (Å²) in [7, 11) is 7.93. The summed E-state index contributed by atoms with van der Waals surface area (Å²) in [6, 6.07) is 9.21. The Morgan fingerprint density at radius 1 is 0.770 bits per heavy atom. The lowest BCUT2D eigenvalue weighted by molar-refractivity contribution is -0.204. The first-order chi connectivity index (χ1) is 64.1. The third kappa shape index (κ3) is 22.7. The van der Waals surface area contributed by atoms with Crippen LogP contribution in [0.15, 0.2) is 88.8 Å². The van der Waals surface area contributed by atoms with Crippen molar-refractivity contribution >= 4 is 144 Å². The molecule has 7 amide bonds. The molecule has 6 aliphatic rings. The molecule has 1 unspecified atom stereocenters. The number of nitrogens with two attached hydrogens (primary N) is 3. The number of guanidine groups is 1. The van der Waals surface area contributed by atoms with Crippen molar-refractivity contribution in [1.82, 2.24) is 77.5 Å². The predicted octanol–water partition coefficient (Wildman–Crippen LogP) is -0.130. The Hall–Kier alpha value is -12.8. The minimum atomic E-state index is -2.66. The molecule has 3 fully saturated rings. The lowest BCUT2D eigenvalue weighted by Crippen LogP contribution is -2.82. The van der Waals surface area contributed by atoms with Crippen molar-refractivity contribution in [3.8, 4) is 5.75 Å². The number of aromatic amines is 2. The van der Waals surface area contributed by atoms with Crippen LogP contribution in [-0.4, -0.2) is 305 Å². The highest BCUT2D eigenvalue weighted by molar-refractivity contribution is 8.76. The van der Waals surface area contributed by atoms with Crippen molar-refractivity contribution in [2.75, 3.05) is 102 Å². The third-order valence-corrected chi connectivity index (χ3v) is 28.3. The fourth-order valence-electron chi connectivity index (χ4n) is 19.7. The molecule has 3 aromatic heterocycles. The number of amides is 7. The molecule has 8 heterocycles. The zero-order valence-electron chi connectivity index (χ0n) is 75.8. The molecule has 730 valence electrons. The van der Waals surface area contributed by atoms with E-state index in [1.807, 2.05) is 62.4 Å². The topological polar surface area (TPSA) is 687 Å². The zero-order chi connectivity index (χ0) is 98.3. The number of aliphatic hydroxyl groups excluding tert-OH is 1. The van der Waals surface area contributed by atoms with Gasteiger partial charge in [0.1, 0.15) is 42.0 Å². The molecule has 24 N–H and O–H groups in total. The number of piperidine rings is 1. The van der Waals surface area contributed by atoms with E-state index in [9.17, 15) is 88.2 Å². The van der Waals surface area contributed by atoms with Crippen molar-refractivity contribution < 1.29 is 112 Å². The molecule has 1 spiro atoms. The molecule has 2 bridgehead atoms. The van der Waals surface area contributed by atoms with Crippen LogP contribution < -0.4 is 80.5 Å². The Morgan fingerprint density at radius 2 is 1.44 bits per heavy atom. The molecule has 45 nitrogen and oxygen atoms in total. The van der Waals surface area contributed by atoms with E-state index in [2.05, 4.69) is 87.8 Å². The molecule has 1 aliphatic carbocycles. The summed E-state index contributed by atoms with van der Waals surface area (Å²) in [6.07, 6.45) is 3.16. The van der Waals surface area contributed by atoms with E-state index < -0.39 is 172 Å². The second-order valence-corrected chi connectivity index (χ2v) is 37.2. The number of aliphatic imine (C=N–C) groups is 1. The standard InChI is InChI=1S/C58H77N9O17S2.C30H40N12O7/c1-7-54(80)26-31-27-57(52(78)83-6,44-33(14-18-66(28-31)30-54)32-12-9-10-13-36(32)60-44)35-22-34-40(25-41(35)82-5)65(4)49-56(34)16-19-67-17-11-15-55(8-2,48(56)67)50(76)58(49,81)51(77)63-64-53(79)84-20-21-85-86-29-39(47(74)75)62-46(73)38(24-43(70)71)61-45(72)37(59-3)23-42(68)69;1-15(5-10-22(44)39-21(12-23(45)46)27(48)40-20(16(2)43)4-3-11-34-29(31)32)37-26(47)17-6-8-18(9-7-17)35-13-19-14-36-25-24(38-19)28(49)42-30(33)41-25/h9-13,15,22,25,31,37-39,48-50,59-60,76,80-81H,7-8,14,16-21,23-24,26-30H2,1-6H3,(H,61,72)(H,62,73)(H,63,77)(H,64,79)(H,68,69)(H,70,71)(H,74,75);6-9,14-15,20-21,35H,3-5,10-13H2,1-2H3,(H,37,47)(H,39,44)(H,40,48)(H,45,46)(H4,31,32,34)(H3,33,36,41,42,49)/t31-,37+,38+,39+,48+,49-,50-,54+,55-,56-,57+,58+;15-,20+,21+/m11/s1. The van der Waals surface area contributed by atoms with Crippen molar-refractivity contribution in [2.45, 2.75) is 194 Å². The van der Waals surface area contributed by atoms with Gasteiger partial charge in [0.05, 0.1) is 75.6 Å². The second kappa shape index (κ2) is 44.1. The average Bonchev–Trinajstić information content (AvgIpc) is 1.48. The van der Waals surface area contributed by atoms with Crippen molar-refractivity contribution in [1.29, 1.82) is 0 Å². The number of para-hydroxylation sites is 1. The maximum Gasteiger partial charge on any atom is 0.426 e. The second-order valence-electron chi connectivity index (χ2n) is 34.6. The largest absolute Gasteiger partial charge is 0.496 e. The Balaban J connectivity index is 0.000000303. The number of carbonyl (C=O) groups excluding carboxylic acids is 9. The van der Waals surface area contributed by atoms with Crippen LogP contribution in [0.4, 0.5) is 22.1 Å². The van der Waals surface area contributed by atoms with E-state index in [4.69, 9.17) is 36.5 Å². The number of hydrazine groups is 1. The van der Waals surface area contributed by atoms with Gasteiger partial charge in [-0.25, -0.2) is 25.0 Å². The first kappa shape index (κ1) is 103. The summed E-state index contributed by atoms with van der Waals surface area (Å²) in [4.78, 5) is 207. The van der Waals surface area contributed by atoms with Crippen LogP contribution in [0, 0.1) is 11.3 Å². The van der Waals surface area contributed by atoms with E-state index in [0.29, 0.717) is 104 Å². The van der Waals surface area contributed by atoms with Crippen molar-refractivity contribution in [3.63, 3.8) is 0 Å². The number of benzene rings is 3. The predicted molar refractivity (Wildman–Crippen MR) is 494 cm³/mol. The molecule has 12 rings (SSSR count). The molecule has 0 radical (unpaired) electrons. The van der Waals surface area contributed by atoms with Gasteiger partial charge in [-0.1, -0.05) is 65.8 Å². The number of likely N-dealkylation sites (N-methyl/N-ethyl adjacent to an activating group) is 2. The summed E-state index contributed by atoms with van der Waals surface area (Å²) in [5.41, 5.74) is 18.5. The molecule has 6 aromatic rings. The number of fused-ring (bicyclic) bond motifs is 7. The number of carboxylic acid groups (broad SMARTS) is 4. The lowest BCUT2D eigenvalue weighted by Gasteiger charge is -2.63. The average molecular weight is 1920 g/mol. The maximum atomic E-state index is 15.5. The van der Waals surface area contributed by atoms with Gasteiger partial charge in [-0.05, 0) is 139 Å². The zero-order valence-corrected chi connectivity index (χ0v) is 77.4. The number of nitrogen functional groups attached to an aromatic ring is 1. The number of hydrogen-bond donors (Lipinski definition) is 21. The highest BCUT2D eigenvalue weighted by Crippen LogP contribution is 2.68. The quantitative estimate of drug-likeness (QED) is 0.00453. The maximum absolute atomic E-state index is 15.5. The number of aromatic nitrogens is 5. The van der Waals surface area contributed by atoms with Crippen LogP contribution in [0.2, 0.25) is 0 Å². The molecule has 16 atom stereocenters. The monoisotopic (exact) mass is 1920 g/mol. The minimum Gasteiger partial charge on any atom is -0.496 e. The van der Waals surface area contributed by atoms with E-state index in [1.54, 1.807) is 43.1 Å². The van der Waals surface area contributed by atoms with Gasteiger partial charge in [-0.3, -0.25) is 82.7 Å². The summed E-state index contributed by atoms with van der Waals surface area (Å²) in [6.45, 7) is 9.81. The molecule has 2 saturated heterocycles. The summed E-state index contributed by atoms with van der Waals surface area (Å²) in [5, 5.41) is 94.8. The number of esters is 1. The van der Waals surface area contributed by atoms with E-state index in [0.717, 1.165) is 43.6 Å². The number of carbonyl (C=O) groups is 13. The fraction of sp³-hybridized carbons (Fsp3) is 0.523. The van der Waals surface area contributed by atoms with Crippen molar-refractivity contribution in [2.24, 2.45) is 27.8 Å². The van der Waals surface area contributed by atoms with Crippen LogP contribution in [0.5, 0.6) is 5.75 Å². The SMILES string of the molecule is CC(=O)[C@H](CCCN=C(N)N)NC(=O)[C@H](CC(=O)O)NC(=O)CC[C@@H](C)NC(=O)c1ccc(NCc2cnc3nc(N)[nH]c(=O)c3n2)cc1.CC[C@]1(O)C[C@H]2CN(CCc3c([nH]c4ccccc34)[C@@](C(=O)OC)(c3cc4c(cc3OC)N(C)[C@H]3[C@@](O)(C(=O)NNC(=O)OCCSSC[C@H](NC(=O)[C@H](CC(=O)O)NC(=O)[C@H](CC(=O)O)NC)C(=O)O)[C@H](O)[C@]5(CC)C=CCN6CC[C@]43[C@@H]65)C2)C1. The Morgan fingerprint density at radius 3 is 2.10 bits per heavy atom. The third-order valence-electron chi connectivity index (χ3n) is 25.9. The number of rotatable bonds is 40. The summed E-state index contributed by atoms with van der Waals surface area (Å²) in [5.74, 6) is -11.9. The number of carboxylic acids is 4. The van der Waals surface area contributed by atoms with Gasteiger partial charge in [0.25, 0.3) is 17.4 Å². The first-order valence-corrected chi connectivity index (χ1v) is 46.5. The molecule has 47 heteroatoms. The van der Waals surface area contributed by atoms with E-state index >= 15 is 9.59 Å². The lowest BCUT2D eigenvalue weighted by atomic mass is 9.47. The van der Waals surface area contributed by atoms with Gasteiger partial charge in [0, 0.05) is 126 Å². The number of hydrogen-bond acceptors (Lipinski definition) is 32. The van der Waals surface area contributed by atoms with Gasteiger partial charge in [-0.15, -0.1) is 0 Å². The normalized spacial score (nSPS) is 23.6. The van der Waals surface area contributed by atoms with Gasteiger partial charge in [0.15, 0.2) is 28.5 Å². The first-order valence-electron chi connectivity index (χ1n) is 44.0. The number of nitrogens with one attached hydrogen (secondary N) is 11. The smallest absolute Gasteiger partial charge is 0.426 e. The number of aliphatic carboxylic acids is 4. The number of anilines is 3. The van der Waals surface area contributed by atoms with Crippen LogP contribution in [0.1, 0.15) is 143 Å². The molecule has 5 aliphatic heterocycles. The van der Waals surface area contributed by atoms with E-state index in [-0.39, 0.29) is 104 Å². The van der Waals surface area contributed by atoms with Gasteiger partial charge in [0.2, 0.25) is 29.6 Å². The highest BCUT2D eigenvalue weighted by Gasteiger charge is 2.79. The van der Waals surface area contributed by atoms with Gasteiger partial charge >= 0.3 is 35.9 Å². The Bertz CT molecular complexity index is 5590. The van der Waals surface area contributed by atoms with Crippen LogP contribution in [-0.2, 0) is 86.0 Å². The summed E-state index contributed by atoms with van der Waals surface area (Å²) >= 11 is 0. The van der Waals surface area contributed by atoms with Gasteiger partial charge < -0.3 is 114 Å². The molecular weight excluding hydrogens is 1800 g/mol. The number of methoxy groups -OCH3 is 2. The molecular formula is C88H117N21O24S2. The molecule has 1 saturated carbocycles. The van der Waals surface area contributed by atoms with Crippen LogP contribution in [0.3, 0.4) is 0 Å². The van der Waals surface area contributed by atoms with Crippen LogP contribution >= 0.6 is 21.6 Å². The number of ether oxygens (including phenoxy) is 3. The number of nitrogens with zero attached hydrogens (tertiary/aromatic N) is 7. The van der Waals surface area contributed by atoms with Crippen molar-refractivity contribution in [3.05, 3.63) is 123 Å². The Kier molecular flexibility index (Phi) is 33.6. The number of Topliss-reactive ketones (excluding diaryl/α,β-unsaturated/α-hetero) is 1. The Labute approximate surface area is 782 Å². The van der Waals surface area contributed by atoms with E-state index in [1.165, 1.54) is 34.4 Å². The highest BCUT2D eigenvalue weighted by atomic mass is 33.1. The molecule has 135 heavy (non-hydrogen) atoms.